The SMILES string of the molecule is CC/C=C\C/C=C\C/C=C\C/C=C\C/C=C\CCCC(=O)OC(COCCCCCCCCCCCC)COP(=O)(O)OCC(O)CO. The van der Waals surface area contributed by atoms with Crippen LogP contribution in [0.2, 0.25) is 0 Å². The van der Waals surface area contributed by atoms with E-state index in [1.165, 1.54) is 44.9 Å². The first-order chi connectivity index (χ1) is 23.3. The van der Waals surface area contributed by atoms with Crippen LogP contribution in [0.5, 0.6) is 0 Å². The molecule has 0 radical (unpaired) electrons. The first-order valence-electron chi connectivity index (χ1n) is 18.3. The van der Waals surface area contributed by atoms with E-state index in [1.54, 1.807) is 0 Å². The lowest BCUT2D eigenvalue weighted by molar-refractivity contribution is -0.154. The lowest BCUT2D eigenvalue weighted by Crippen LogP contribution is -2.29. The van der Waals surface area contributed by atoms with E-state index in [-0.39, 0.29) is 13.0 Å². The van der Waals surface area contributed by atoms with Crippen molar-refractivity contribution in [2.24, 2.45) is 0 Å². The van der Waals surface area contributed by atoms with Crippen molar-refractivity contribution < 1.29 is 43.0 Å². The molecule has 3 atom stereocenters. The second-order valence-corrected chi connectivity index (χ2v) is 13.3. The number of hydrogen-bond donors (Lipinski definition) is 3. The van der Waals surface area contributed by atoms with E-state index in [2.05, 4.69) is 68.5 Å². The summed E-state index contributed by atoms with van der Waals surface area (Å²) in [6.07, 6.45) is 37.6. The lowest BCUT2D eigenvalue weighted by Gasteiger charge is -2.20. The van der Waals surface area contributed by atoms with Crippen molar-refractivity contribution in [1.29, 1.82) is 0 Å². The number of phosphoric ester groups is 1. The monoisotopic (exact) mass is 698 g/mol. The average Bonchev–Trinajstić information content (AvgIpc) is 3.07. The number of carbonyl (C=O) groups excluding carboxylic acids is 1. The normalized spacial score (nSPS) is 15.0. The van der Waals surface area contributed by atoms with Gasteiger partial charge in [-0.3, -0.25) is 13.8 Å². The van der Waals surface area contributed by atoms with Crippen LogP contribution >= 0.6 is 7.82 Å². The molecule has 0 aromatic heterocycles. The zero-order chi connectivity index (χ0) is 35.4. The third kappa shape index (κ3) is 34.0. The van der Waals surface area contributed by atoms with E-state index < -0.39 is 45.8 Å². The smallest absolute Gasteiger partial charge is 0.457 e. The van der Waals surface area contributed by atoms with Crippen LogP contribution in [0.1, 0.15) is 129 Å². The number of ether oxygens (including phenoxy) is 2. The van der Waals surface area contributed by atoms with Crippen LogP contribution in [-0.4, -0.2) is 66.3 Å². The molecule has 0 rings (SSSR count). The number of aliphatic hydroxyl groups is 2. The Hall–Kier alpha value is -1.84. The zero-order valence-corrected chi connectivity index (χ0v) is 30.8. The molecule has 9 nitrogen and oxygen atoms in total. The highest BCUT2D eigenvalue weighted by atomic mass is 31.2. The summed E-state index contributed by atoms with van der Waals surface area (Å²) in [5.41, 5.74) is 0. The molecule has 0 aromatic carbocycles. The minimum atomic E-state index is -4.52. The molecule has 0 bridgehead atoms. The van der Waals surface area contributed by atoms with Gasteiger partial charge in [-0.25, -0.2) is 4.57 Å². The van der Waals surface area contributed by atoms with E-state index in [0.29, 0.717) is 13.0 Å². The third-order valence-corrected chi connectivity index (χ3v) is 8.17. The quantitative estimate of drug-likeness (QED) is 0.0260. The molecule has 0 aliphatic heterocycles. The molecule has 0 aromatic rings. The maximum Gasteiger partial charge on any atom is 0.472 e. The molecule has 0 aliphatic rings. The highest BCUT2D eigenvalue weighted by Gasteiger charge is 2.26. The molecule has 3 N–H and O–H groups in total. The average molecular weight is 699 g/mol. The van der Waals surface area contributed by atoms with Gasteiger partial charge in [0.25, 0.3) is 0 Å². The molecule has 0 fully saturated rings. The zero-order valence-electron chi connectivity index (χ0n) is 29.9. The number of rotatable bonds is 34. The van der Waals surface area contributed by atoms with Gasteiger partial charge in [-0.15, -0.1) is 0 Å². The Morgan fingerprint density at radius 2 is 1.17 bits per heavy atom. The van der Waals surface area contributed by atoms with E-state index in [4.69, 9.17) is 23.6 Å². The Morgan fingerprint density at radius 1 is 0.667 bits per heavy atom. The van der Waals surface area contributed by atoms with Gasteiger partial charge in [0.1, 0.15) is 12.2 Å². The number of phosphoric acid groups is 1. The van der Waals surface area contributed by atoms with Crippen LogP contribution in [0.4, 0.5) is 0 Å². The van der Waals surface area contributed by atoms with Crippen molar-refractivity contribution in [3.8, 4) is 0 Å². The lowest BCUT2D eigenvalue weighted by atomic mass is 10.1. The van der Waals surface area contributed by atoms with Crippen molar-refractivity contribution in [3.63, 3.8) is 0 Å². The molecule has 0 saturated heterocycles. The number of allylic oxidation sites excluding steroid dienone is 10. The van der Waals surface area contributed by atoms with Gasteiger partial charge < -0.3 is 24.6 Å². The van der Waals surface area contributed by atoms with Crippen LogP contribution in [0.3, 0.4) is 0 Å². The number of carbonyl (C=O) groups is 1. The summed E-state index contributed by atoms with van der Waals surface area (Å²) in [4.78, 5) is 22.4. The standard InChI is InChI=1S/C38H67O9P/c1-3-5-7-9-11-13-15-16-17-18-19-20-21-22-24-26-28-30-38(41)47-37(35-46-48(42,43)45-33-36(40)32-39)34-44-31-29-27-25-23-14-12-10-8-6-4-2/h5,7,11,13,16-17,19-20,22,24,36-37,39-40H,3-4,6,8-10,12,14-15,18,21,23,25-35H2,1-2H3,(H,42,43)/b7-5-,13-11-,17-16-,20-19-,24-22-. The summed E-state index contributed by atoms with van der Waals surface area (Å²) in [6.45, 7) is 3.29. The van der Waals surface area contributed by atoms with Crippen LogP contribution in [-0.2, 0) is 27.9 Å². The molecule has 0 amide bonds. The first-order valence-corrected chi connectivity index (χ1v) is 19.8. The van der Waals surface area contributed by atoms with Crippen molar-refractivity contribution in [2.75, 3.05) is 33.0 Å². The van der Waals surface area contributed by atoms with Crippen LogP contribution in [0.25, 0.3) is 0 Å². The number of esters is 1. The number of aliphatic hydroxyl groups excluding tert-OH is 2. The molecule has 278 valence electrons. The summed E-state index contributed by atoms with van der Waals surface area (Å²) in [6, 6.07) is 0. The van der Waals surface area contributed by atoms with Crippen LogP contribution < -0.4 is 0 Å². The van der Waals surface area contributed by atoms with Gasteiger partial charge >= 0.3 is 13.8 Å². The van der Waals surface area contributed by atoms with Gasteiger partial charge in [0.15, 0.2) is 0 Å². The summed E-state index contributed by atoms with van der Waals surface area (Å²) >= 11 is 0. The molecule has 0 aliphatic carbocycles. The maximum absolute atomic E-state index is 12.5. The van der Waals surface area contributed by atoms with E-state index in [0.717, 1.165) is 57.8 Å². The molecule has 0 heterocycles. The van der Waals surface area contributed by atoms with Gasteiger partial charge in [-0.1, -0.05) is 132 Å². The molecule has 0 spiro atoms. The Morgan fingerprint density at radius 3 is 1.71 bits per heavy atom. The summed E-state index contributed by atoms with van der Waals surface area (Å²) in [5.74, 6) is -0.442. The van der Waals surface area contributed by atoms with Gasteiger partial charge in [0.2, 0.25) is 0 Å². The van der Waals surface area contributed by atoms with Crippen molar-refractivity contribution in [1.82, 2.24) is 0 Å². The van der Waals surface area contributed by atoms with Gasteiger partial charge in [0, 0.05) is 13.0 Å². The van der Waals surface area contributed by atoms with E-state index in [9.17, 15) is 19.4 Å². The van der Waals surface area contributed by atoms with Crippen molar-refractivity contribution in [3.05, 3.63) is 60.8 Å². The second kappa shape index (κ2) is 35.0. The van der Waals surface area contributed by atoms with E-state index in [1.807, 2.05) is 6.08 Å². The first kappa shape index (κ1) is 46.2. The van der Waals surface area contributed by atoms with Gasteiger partial charge in [-0.2, -0.15) is 0 Å². The minimum absolute atomic E-state index is 0.0250. The number of unbranched alkanes of at least 4 members (excludes halogenated alkanes) is 10. The summed E-state index contributed by atoms with van der Waals surface area (Å²) in [7, 11) is -4.52. The predicted octanol–water partition coefficient (Wildman–Crippen LogP) is 9.24. The fourth-order valence-corrected chi connectivity index (χ4v) is 5.24. The Kier molecular flexibility index (Phi) is 33.7. The highest BCUT2D eigenvalue weighted by Crippen LogP contribution is 2.43. The van der Waals surface area contributed by atoms with Crippen molar-refractivity contribution in [2.45, 2.75) is 142 Å². The number of hydrogen-bond acceptors (Lipinski definition) is 8. The molecule has 10 heteroatoms. The van der Waals surface area contributed by atoms with Gasteiger partial charge in [0.05, 0.1) is 26.4 Å². The molecule has 48 heavy (non-hydrogen) atoms. The van der Waals surface area contributed by atoms with Gasteiger partial charge in [-0.05, 0) is 51.4 Å². The summed E-state index contributed by atoms with van der Waals surface area (Å²) < 4.78 is 33.1. The van der Waals surface area contributed by atoms with Crippen LogP contribution in [0.15, 0.2) is 60.8 Å². The maximum atomic E-state index is 12.5. The Bertz CT molecular complexity index is 929. The Balaban J connectivity index is 4.37. The van der Waals surface area contributed by atoms with E-state index >= 15 is 0 Å². The molecule has 0 saturated carbocycles. The topological polar surface area (TPSA) is 132 Å². The molecular formula is C38H67O9P. The fraction of sp³-hybridized carbons (Fsp3) is 0.711. The Labute approximate surface area is 291 Å². The fourth-order valence-electron chi connectivity index (χ4n) is 4.45. The minimum Gasteiger partial charge on any atom is -0.457 e. The predicted molar refractivity (Wildman–Crippen MR) is 196 cm³/mol. The van der Waals surface area contributed by atoms with Crippen molar-refractivity contribution >= 4 is 13.8 Å². The third-order valence-electron chi connectivity index (χ3n) is 7.22. The van der Waals surface area contributed by atoms with Crippen LogP contribution in [0, 0.1) is 0 Å². The summed E-state index contributed by atoms with van der Waals surface area (Å²) in [5, 5.41) is 18.2. The largest absolute Gasteiger partial charge is 0.472 e. The highest BCUT2D eigenvalue weighted by molar-refractivity contribution is 7.47. The molecular weight excluding hydrogens is 631 g/mol. The second-order valence-electron chi connectivity index (χ2n) is 11.9. The molecule has 3 unspecified atom stereocenters.